The number of sulfonamides is 1. The Balaban J connectivity index is 2.06. The van der Waals surface area contributed by atoms with E-state index in [0.29, 0.717) is 5.02 Å². The third-order valence-electron chi connectivity index (χ3n) is 2.95. The lowest BCUT2D eigenvalue weighted by atomic mass is 10.1. The van der Waals surface area contributed by atoms with Gasteiger partial charge in [0.1, 0.15) is 0 Å². The highest BCUT2D eigenvalue weighted by Gasteiger charge is 2.12. The van der Waals surface area contributed by atoms with Gasteiger partial charge in [-0.05, 0) is 36.3 Å². The van der Waals surface area contributed by atoms with E-state index in [2.05, 4.69) is 4.72 Å². The van der Waals surface area contributed by atoms with Crippen LogP contribution in [0.1, 0.15) is 24.1 Å². The van der Waals surface area contributed by atoms with Crippen LogP contribution < -0.4 is 4.72 Å². The third-order valence-corrected chi connectivity index (χ3v) is 4.38. The first-order valence-electron chi connectivity index (χ1n) is 6.47. The predicted octanol–water partition coefficient (Wildman–Crippen LogP) is 3.99. The third kappa shape index (κ3) is 5.01. The van der Waals surface area contributed by atoms with Crippen LogP contribution >= 0.6 is 11.6 Å². The Kier molecular flexibility index (Phi) is 5.17. The summed E-state index contributed by atoms with van der Waals surface area (Å²) in [6.45, 7) is 1.81. The summed E-state index contributed by atoms with van der Waals surface area (Å²) in [7, 11) is -3.50. The molecule has 0 aromatic heterocycles. The Bertz CT molecular complexity index is 710. The van der Waals surface area contributed by atoms with Crippen LogP contribution in [0.25, 0.3) is 6.08 Å². The van der Waals surface area contributed by atoms with E-state index in [9.17, 15) is 8.42 Å². The van der Waals surface area contributed by atoms with Gasteiger partial charge >= 0.3 is 0 Å². The van der Waals surface area contributed by atoms with Crippen LogP contribution in [0.4, 0.5) is 0 Å². The average Bonchev–Trinajstić information content (AvgIpc) is 2.47. The second-order valence-corrected chi connectivity index (χ2v) is 6.68. The highest BCUT2D eigenvalue weighted by Crippen LogP contribution is 2.14. The van der Waals surface area contributed by atoms with Gasteiger partial charge in [0.25, 0.3) is 0 Å². The van der Waals surface area contributed by atoms with E-state index in [1.165, 1.54) is 6.08 Å². The molecule has 0 amide bonds. The van der Waals surface area contributed by atoms with Crippen molar-refractivity contribution in [3.63, 3.8) is 0 Å². The van der Waals surface area contributed by atoms with Crippen molar-refractivity contribution < 1.29 is 8.42 Å². The van der Waals surface area contributed by atoms with Crippen LogP contribution in [0.2, 0.25) is 5.02 Å². The Labute approximate surface area is 130 Å². The number of halogens is 1. The monoisotopic (exact) mass is 321 g/mol. The Morgan fingerprint density at radius 3 is 2.29 bits per heavy atom. The van der Waals surface area contributed by atoms with Crippen LogP contribution in [0, 0.1) is 0 Å². The van der Waals surface area contributed by atoms with Gasteiger partial charge in [0, 0.05) is 16.5 Å². The number of nitrogens with one attached hydrogen (secondary N) is 1. The predicted molar refractivity (Wildman–Crippen MR) is 87.4 cm³/mol. The normalized spacial score (nSPS) is 13.4. The van der Waals surface area contributed by atoms with Crippen LogP contribution in [-0.4, -0.2) is 8.42 Å². The summed E-state index contributed by atoms with van der Waals surface area (Å²) in [5.74, 6) is 0. The fourth-order valence-corrected chi connectivity index (χ4v) is 3.01. The summed E-state index contributed by atoms with van der Waals surface area (Å²) in [6, 6.07) is 16.1. The smallest absolute Gasteiger partial charge is 0.208 e. The second kappa shape index (κ2) is 6.89. The molecule has 2 rings (SSSR count). The molecule has 0 saturated carbocycles. The summed E-state index contributed by atoms with van der Waals surface area (Å²) in [5.41, 5.74) is 1.69. The van der Waals surface area contributed by atoms with Crippen molar-refractivity contribution in [1.29, 1.82) is 0 Å². The summed E-state index contributed by atoms with van der Waals surface area (Å²) >= 11 is 5.78. The van der Waals surface area contributed by atoms with E-state index < -0.39 is 10.0 Å². The molecular formula is C16H16ClNO2S. The number of hydrogen-bond acceptors (Lipinski definition) is 2. The van der Waals surface area contributed by atoms with Gasteiger partial charge in [-0.2, -0.15) is 0 Å². The molecule has 5 heteroatoms. The zero-order valence-electron chi connectivity index (χ0n) is 11.5. The van der Waals surface area contributed by atoms with Gasteiger partial charge in [0.05, 0.1) is 0 Å². The van der Waals surface area contributed by atoms with E-state index in [0.717, 1.165) is 16.5 Å². The SMILES string of the molecule is C[C@H](NS(=O)(=O)/C=C/c1ccc(Cl)cc1)c1ccccc1. The molecule has 0 aliphatic carbocycles. The van der Waals surface area contributed by atoms with E-state index >= 15 is 0 Å². The van der Waals surface area contributed by atoms with Crippen LogP contribution in [-0.2, 0) is 10.0 Å². The van der Waals surface area contributed by atoms with Crippen LogP contribution in [0.3, 0.4) is 0 Å². The van der Waals surface area contributed by atoms with Gasteiger partial charge in [-0.1, -0.05) is 54.1 Å². The molecule has 0 fully saturated rings. The van der Waals surface area contributed by atoms with Gasteiger partial charge in [0.15, 0.2) is 0 Å². The fourth-order valence-electron chi connectivity index (χ4n) is 1.84. The highest BCUT2D eigenvalue weighted by molar-refractivity contribution is 7.92. The van der Waals surface area contributed by atoms with Gasteiger partial charge in [-0.3, -0.25) is 0 Å². The van der Waals surface area contributed by atoms with E-state index in [4.69, 9.17) is 11.6 Å². The van der Waals surface area contributed by atoms with Gasteiger partial charge in [0.2, 0.25) is 10.0 Å². The first-order valence-corrected chi connectivity index (χ1v) is 8.40. The standard InChI is InChI=1S/C16H16ClNO2S/c1-13(15-5-3-2-4-6-15)18-21(19,20)12-11-14-7-9-16(17)10-8-14/h2-13,18H,1H3/b12-11+/t13-/m0/s1. The first kappa shape index (κ1) is 15.8. The van der Waals surface area contributed by atoms with E-state index in [-0.39, 0.29) is 6.04 Å². The zero-order valence-corrected chi connectivity index (χ0v) is 13.1. The molecule has 0 radical (unpaired) electrons. The summed E-state index contributed by atoms with van der Waals surface area (Å²) < 4.78 is 26.7. The molecule has 0 aliphatic heterocycles. The summed E-state index contributed by atoms with van der Waals surface area (Å²) in [4.78, 5) is 0. The molecule has 2 aromatic carbocycles. The zero-order chi connectivity index (χ0) is 15.3. The largest absolute Gasteiger partial charge is 0.234 e. The van der Waals surface area contributed by atoms with Crippen molar-refractivity contribution in [2.24, 2.45) is 0 Å². The maximum Gasteiger partial charge on any atom is 0.234 e. The Morgan fingerprint density at radius 1 is 1.05 bits per heavy atom. The van der Waals surface area contributed by atoms with Gasteiger partial charge in [-0.25, -0.2) is 13.1 Å². The minimum atomic E-state index is -3.50. The lowest BCUT2D eigenvalue weighted by Gasteiger charge is -2.12. The molecule has 0 spiro atoms. The molecule has 0 bridgehead atoms. The molecule has 0 heterocycles. The number of rotatable bonds is 5. The van der Waals surface area contributed by atoms with E-state index in [1.54, 1.807) is 24.3 Å². The van der Waals surface area contributed by atoms with Crippen molar-refractivity contribution in [3.8, 4) is 0 Å². The maximum atomic E-state index is 12.0. The van der Waals surface area contributed by atoms with Crippen LogP contribution in [0.15, 0.2) is 60.0 Å². The first-order chi connectivity index (χ1) is 9.96. The number of benzene rings is 2. The van der Waals surface area contributed by atoms with Crippen molar-refractivity contribution in [1.82, 2.24) is 4.72 Å². The number of hydrogen-bond donors (Lipinski definition) is 1. The molecule has 0 unspecified atom stereocenters. The van der Waals surface area contributed by atoms with E-state index in [1.807, 2.05) is 37.3 Å². The molecule has 1 atom stereocenters. The van der Waals surface area contributed by atoms with Crippen molar-refractivity contribution in [2.75, 3.05) is 0 Å². The van der Waals surface area contributed by atoms with Gasteiger partial charge in [-0.15, -0.1) is 0 Å². The highest BCUT2D eigenvalue weighted by atomic mass is 35.5. The summed E-state index contributed by atoms with van der Waals surface area (Å²) in [6.07, 6.45) is 1.54. The second-order valence-electron chi connectivity index (χ2n) is 4.65. The van der Waals surface area contributed by atoms with Crippen molar-refractivity contribution in [3.05, 3.63) is 76.2 Å². The Hall–Kier alpha value is -1.62. The minimum Gasteiger partial charge on any atom is -0.208 e. The Morgan fingerprint density at radius 2 is 1.67 bits per heavy atom. The van der Waals surface area contributed by atoms with Gasteiger partial charge < -0.3 is 0 Å². The lowest BCUT2D eigenvalue weighted by Crippen LogP contribution is -2.24. The molecule has 1 N–H and O–H groups in total. The molecule has 2 aromatic rings. The minimum absolute atomic E-state index is 0.286. The van der Waals surface area contributed by atoms with Crippen molar-refractivity contribution in [2.45, 2.75) is 13.0 Å². The lowest BCUT2D eigenvalue weighted by molar-refractivity contribution is 0.576. The average molecular weight is 322 g/mol. The fraction of sp³-hybridized carbons (Fsp3) is 0.125. The molecule has 110 valence electrons. The molecular weight excluding hydrogens is 306 g/mol. The molecule has 0 saturated heterocycles. The molecule has 21 heavy (non-hydrogen) atoms. The topological polar surface area (TPSA) is 46.2 Å². The molecule has 0 aliphatic rings. The maximum absolute atomic E-state index is 12.0. The quantitative estimate of drug-likeness (QED) is 0.905. The van der Waals surface area contributed by atoms with Crippen LogP contribution in [0.5, 0.6) is 0 Å². The summed E-state index contributed by atoms with van der Waals surface area (Å²) in [5, 5.41) is 1.78. The van der Waals surface area contributed by atoms with Crippen molar-refractivity contribution >= 4 is 27.7 Å². The molecule has 3 nitrogen and oxygen atoms in total.